The summed E-state index contributed by atoms with van der Waals surface area (Å²) >= 11 is 0. The summed E-state index contributed by atoms with van der Waals surface area (Å²) in [5.74, 6) is 0.589. The van der Waals surface area contributed by atoms with E-state index in [0.29, 0.717) is 0 Å². The molecule has 1 aliphatic rings. The first-order chi connectivity index (χ1) is 13.2. The molecule has 0 N–H and O–H groups in total. The predicted octanol–water partition coefficient (Wildman–Crippen LogP) is 3.99. The minimum atomic E-state index is -0.116. The summed E-state index contributed by atoms with van der Waals surface area (Å²) in [6.45, 7) is 3.59. The van der Waals surface area contributed by atoms with Gasteiger partial charge in [-0.3, -0.25) is 4.79 Å². The number of rotatable bonds is 3. The minimum absolute atomic E-state index is 0.0250. The van der Waals surface area contributed by atoms with Crippen molar-refractivity contribution >= 4 is 22.8 Å². The fraction of sp³-hybridized carbons (Fsp3) is 0.318. The largest absolute Gasteiger partial charge is 0.469 e. The van der Waals surface area contributed by atoms with Gasteiger partial charge in [-0.05, 0) is 31.9 Å². The second-order valence-corrected chi connectivity index (χ2v) is 7.04. The maximum absolute atomic E-state index is 11.8. The lowest BCUT2D eigenvalue weighted by molar-refractivity contribution is -0.146. The molecule has 5 nitrogen and oxygen atoms in total. The molecule has 27 heavy (non-hydrogen) atoms. The van der Waals surface area contributed by atoms with Crippen LogP contribution in [0.5, 0.6) is 0 Å². The monoisotopic (exact) mass is 361 g/mol. The number of nitrogens with zero attached hydrogens (tertiary/aromatic N) is 3. The van der Waals surface area contributed by atoms with Gasteiger partial charge in [0.2, 0.25) is 5.95 Å². The summed E-state index contributed by atoms with van der Waals surface area (Å²) in [7, 11) is 1.45. The van der Waals surface area contributed by atoms with Crippen LogP contribution in [-0.2, 0) is 9.53 Å². The molecule has 0 bridgehead atoms. The van der Waals surface area contributed by atoms with Crippen LogP contribution in [0.1, 0.15) is 18.4 Å². The first kappa shape index (κ1) is 17.5. The molecule has 0 spiro atoms. The third-order valence-corrected chi connectivity index (χ3v) is 5.20. The Balaban J connectivity index is 1.73. The van der Waals surface area contributed by atoms with E-state index in [9.17, 15) is 4.79 Å². The molecule has 0 atom stereocenters. The van der Waals surface area contributed by atoms with Crippen molar-refractivity contribution in [3.8, 4) is 11.3 Å². The molecule has 2 heterocycles. The third-order valence-electron chi connectivity index (χ3n) is 5.20. The van der Waals surface area contributed by atoms with Gasteiger partial charge < -0.3 is 9.64 Å². The van der Waals surface area contributed by atoms with Crippen molar-refractivity contribution in [3.05, 3.63) is 54.1 Å². The van der Waals surface area contributed by atoms with Crippen LogP contribution in [0.4, 0.5) is 5.95 Å². The number of carbonyl (C=O) groups is 1. The van der Waals surface area contributed by atoms with Crippen molar-refractivity contribution in [1.29, 1.82) is 0 Å². The minimum Gasteiger partial charge on any atom is -0.469 e. The van der Waals surface area contributed by atoms with E-state index in [1.54, 1.807) is 0 Å². The third kappa shape index (κ3) is 3.50. The molecule has 4 rings (SSSR count). The number of carbonyl (C=O) groups excluding carboxylic acids is 1. The van der Waals surface area contributed by atoms with Crippen molar-refractivity contribution in [2.24, 2.45) is 5.92 Å². The first-order valence-corrected chi connectivity index (χ1v) is 9.32. The number of hydrogen-bond donors (Lipinski definition) is 0. The van der Waals surface area contributed by atoms with Crippen molar-refractivity contribution < 1.29 is 9.53 Å². The molecule has 0 amide bonds. The highest BCUT2D eigenvalue weighted by Gasteiger charge is 2.27. The van der Waals surface area contributed by atoms with E-state index in [1.807, 2.05) is 18.2 Å². The fourth-order valence-electron chi connectivity index (χ4n) is 3.67. The highest BCUT2D eigenvalue weighted by atomic mass is 16.5. The van der Waals surface area contributed by atoms with Gasteiger partial charge in [0.25, 0.3) is 0 Å². The number of hydrogen-bond acceptors (Lipinski definition) is 5. The van der Waals surface area contributed by atoms with Crippen LogP contribution in [-0.4, -0.2) is 36.1 Å². The second kappa shape index (κ2) is 7.35. The molecule has 2 aromatic carbocycles. The van der Waals surface area contributed by atoms with Gasteiger partial charge in [0, 0.05) is 24.0 Å². The highest BCUT2D eigenvalue weighted by molar-refractivity contribution is 5.93. The predicted molar refractivity (Wildman–Crippen MR) is 107 cm³/mol. The summed E-state index contributed by atoms with van der Waals surface area (Å²) in [4.78, 5) is 23.7. The molecule has 3 aromatic rings. The van der Waals surface area contributed by atoms with Crippen molar-refractivity contribution in [1.82, 2.24) is 9.97 Å². The van der Waals surface area contributed by atoms with Crippen LogP contribution in [0.2, 0.25) is 0 Å². The lowest BCUT2D eigenvalue weighted by Gasteiger charge is -2.31. The first-order valence-electron chi connectivity index (χ1n) is 9.32. The Labute approximate surface area is 159 Å². The lowest BCUT2D eigenvalue weighted by Crippen LogP contribution is -2.37. The molecule has 0 radical (unpaired) electrons. The maximum Gasteiger partial charge on any atom is 0.308 e. The Morgan fingerprint density at radius 3 is 2.52 bits per heavy atom. The summed E-state index contributed by atoms with van der Waals surface area (Å²) in [5.41, 5.74) is 4.17. The number of aryl methyl sites for hydroxylation is 1. The lowest BCUT2D eigenvalue weighted by atomic mass is 9.97. The Morgan fingerprint density at radius 2 is 1.81 bits per heavy atom. The zero-order valence-corrected chi connectivity index (χ0v) is 15.7. The highest BCUT2D eigenvalue weighted by Crippen LogP contribution is 2.30. The molecule has 1 fully saturated rings. The Morgan fingerprint density at radius 1 is 1.07 bits per heavy atom. The van der Waals surface area contributed by atoms with Crippen molar-refractivity contribution in [3.63, 3.8) is 0 Å². The normalized spacial score (nSPS) is 15.1. The Hall–Kier alpha value is -2.95. The van der Waals surface area contributed by atoms with Crippen LogP contribution in [0.15, 0.2) is 48.5 Å². The summed E-state index contributed by atoms with van der Waals surface area (Å²) < 4.78 is 4.89. The van der Waals surface area contributed by atoms with Crippen molar-refractivity contribution in [2.45, 2.75) is 19.8 Å². The van der Waals surface area contributed by atoms with E-state index in [-0.39, 0.29) is 11.9 Å². The number of aromatic nitrogens is 2. The van der Waals surface area contributed by atoms with E-state index in [4.69, 9.17) is 14.7 Å². The smallest absolute Gasteiger partial charge is 0.308 e. The number of piperidine rings is 1. The van der Waals surface area contributed by atoms with Crippen LogP contribution in [0.25, 0.3) is 22.2 Å². The van der Waals surface area contributed by atoms with Gasteiger partial charge in [0.1, 0.15) is 0 Å². The molecule has 5 heteroatoms. The molecule has 0 unspecified atom stereocenters. The molecule has 1 aromatic heterocycles. The Bertz CT molecular complexity index is 964. The maximum atomic E-state index is 11.8. The van der Waals surface area contributed by atoms with E-state index in [0.717, 1.165) is 54.0 Å². The molecular formula is C22H23N3O2. The number of fused-ring (bicyclic) bond motifs is 1. The van der Waals surface area contributed by atoms with Crippen LogP contribution in [0.3, 0.4) is 0 Å². The molecular weight excluding hydrogens is 338 g/mol. The number of esters is 1. The summed E-state index contributed by atoms with van der Waals surface area (Å²) in [5, 5.41) is 1.06. The Kier molecular flexibility index (Phi) is 4.75. The van der Waals surface area contributed by atoms with E-state index < -0.39 is 0 Å². The van der Waals surface area contributed by atoms with Gasteiger partial charge in [-0.15, -0.1) is 0 Å². The van der Waals surface area contributed by atoms with Crippen LogP contribution >= 0.6 is 0 Å². The van der Waals surface area contributed by atoms with E-state index in [2.05, 4.69) is 42.2 Å². The SMILES string of the molecule is COC(=O)C1CCN(c2nc(-c3ccccc3)c3cc(C)ccc3n2)CC1. The molecule has 1 aliphatic heterocycles. The number of methoxy groups -OCH3 is 1. The van der Waals surface area contributed by atoms with Gasteiger partial charge in [-0.2, -0.15) is 0 Å². The number of benzene rings is 2. The van der Waals surface area contributed by atoms with Gasteiger partial charge in [-0.25, -0.2) is 9.97 Å². The number of ether oxygens (including phenoxy) is 1. The molecule has 138 valence electrons. The topological polar surface area (TPSA) is 55.3 Å². The van der Waals surface area contributed by atoms with Crippen molar-refractivity contribution in [2.75, 3.05) is 25.1 Å². The number of anilines is 1. The zero-order valence-electron chi connectivity index (χ0n) is 15.7. The standard InChI is InChI=1S/C22H23N3O2/c1-15-8-9-19-18(14-15)20(16-6-4-3-5-7-16)24-22(23-19)25-12-10-17(11-13-25)21(26)27-2/h3-9,14,17H,10-13H2,1-2H3. The summed E-state index contributed by atoms with van der Waals surface area (Å²) in [6.07, 6.45) is 1.53. The zero-order chi connectivity index (χ0) is 18.8. The summed E-state index contributed by atoms with van der Waals surface area (Å²) in [6, 6.07) is 16.5. The van der Waals surface area contributed by atoms with Gasteiger partial charge >= 0.3 is 5.97 Å². The van der Waals surface area contributed by atoms with Crippen LogP contribution in [0, 0.1) is 12.8 Å². The van der Waals surface area contributed by atoms with Gasteiger partial charge in [0.05, 0.1) is 24.2 Å². The average molecular weight is 361 g/mol. The quantitative estimate of drug-likeness (QED) is 0.660. The van der Waals surface area contributed by atoms with Gasteiger partial charge in [0.15, 0.2) is 0 Å². The molecule has 1 saturated heterocycles. The van der Waals surface area contributed by atoms with E-state index >= 15 is 0 Å². The van der Waals surface area contributed by atoms with Gasteiger partial charge in [-0.1, -0.05) is 42.0 Å². The molecule has 0 saturated carbocycles. The van der Waals surface area contributed by atoms with Crippen LogP contribution < -0.4 is 4.90 Å². The fourth-order valence-corrected chi connectivity index (χ4v) is 3.67. The molecule has 0 aliphatic carbocycles. The van der Waals surface area contributed by atoms with E-state index in [1.165, 1.54) is 12.7 Å². The average Bonchev–Trinajstić information content (AvgIpc) is 2.73. The second-order valence-electron chi connectivity index (χ2n) is 7.04.